The fraction of sp³-hybridized carbons (Fsp3) is 0.438. The van der Waals surface area contributed by atoms with E-state index < -0.39 is 0 Å². The first kappa shape index (κ1) is 13.6. The van der Waals surface area contributed by atoms with Crippen LogP contribution in [0.1, 0.15) is 30.0 Å². The SMILES string of the molecule is Cc1nc(N2CCc3ccccc32)sc1CNC(C)C. The third kappa shape index (κ3) is 2.58. The van der Waals surface area contributed by atoms with E-state index in [4.69, 9.17) is 4.98 Å². The second kappa shape index (κ2) is 5.54. The van der Waals surface area contributed by atoms with Gasteiger partial charge in [-0.2, -0.15) is 0 Å². The number of hydrogen-bond acceptors (Lipinski definition) is 4. The molecule has 0 saturated carbocycles. The maximum Gasteiger partial charge on any atom is 0.190 e. The number of nitrogens with one attached hydrogen (secondary N) is 1. The Hall–Kier alpha value is -1.39. The summed E-state index contributed by atoms with van der Waals surface area (Å²) >= 11 is 1.81. The molecule has 0 saturated heterocycles. The third-order valence-corrected chi connectivity index (χ3v) is 4.85. The molecule has 0 spiro atoms. The normalized spacial score (nSPS) is 14.1. The van der Waals surface area contributed by atoms with Gasteiger partial charge in [0, 0.05) is 29.7 Å². The summed E-state index contributed by atoms with van der Waals surface area (Å²) in [6, 6.07) is 9.15. The van der Waals surface area contributed by atoms with Gasteiger partial charge in [-0.1, -0.05) is 43.4 Å². The number of hydrogen-bond donors (Lipinski definition) is 1. The zero-order valence-corrected chi connectivity index (χ0v) is 13.1. The fourth-order valence-corrected chi connectivity index (χ4v) is 3.58. The van der Waals surface area contributed by atoms with Crippen LogP contribution in [0.4, 0.5) is 10.8 Å². The monoisotopic (exact) mass is 287 g/mol. The molecule has 0 fully saturated rings. The quantitative estimate of drug-likeness (QED) is 0.930. The Kier molecular flexibility index (Phi) is 3.76. The molecule has 1 aromatic carbocycles. The van der Waals surface area contributed by atoms with E-state index in [1.165, 1.54) is 16.1 Å². The van der Waals surface area contributed by atoms with E-state index in [9.17, 15) is 0 Å². The van der Waals surface area contributed by atoms with Crippen molar-refractivity contribution in [2.45, 2.75) is 39.8 Å². The van der Waals surface area contributed by atoms with Crippen molar-refractivity contribution in [1.29, 1.82) is 0 Å². The van der Waals surface area contributed by atoms with Gasteiger partial charge in [0.25, 0.3) is 0 Å². The summed E-state index contributed by atoms with van der Waals surface area (Å²) in [6.45, 7) is 8.42. The molecule has 20 heavy (non-hydrogen) atoms. The van der Waals surface area contributed by atoms with Gasteiger partial charge in [0.15, 0.2) is 5.13 Å². The van der Waals surface area contributed by atoms with Gasteiger partial charge in [0.05, 0.1) is 5.69 Å². The number of nitrogens with zero attached hydrogens (tertiary/aromatic N) is 2. The molecule has 0 bridgehead atoms. The van der Waals surface area contributed by atoms with Crippen molar-refractivity contribution in [2.75, 3.05) is 11.4 Å². The number of anilines is 2. The molecule has 2 aromatic rings. The molecule has 0 unspecified atom stereocenters. The molecule has 1 aromatic heterocycles. The van der Waals surface area contributed by atoms with Gasteiger partial charge in [-0.05, 0) is 25.0 Å². The van der Waals surface area contributed by atoms with Gasteiger partial charge in [0.1, 0.15) is 0 Å². The lowest BCUT2D eigenvalue weighted by molar-refractivity contribution is 0.591. The van der Waals surface area contributed by atoms with E-state index in [1.54, 1.807) is 0 Å². The molecule has 2 heterocycles. The van der Waals surface area contributed by atoms with Crippen LogP contribution in [0.2, 0.25) is 0 Å². The number of thiazole rings is 1. The third-order valence-electron chi connectivity index (χ3n) is 3.67. The Morgan fingerprint density at radius 1 is 1.35 bits per heavy atom. The number of benzene rings is 1. The van der Waals surface area contributed by atoms with Gasteiger partial charge in [-0.25, -0.2) is 4.98 Å². The lowest BCUT2D eigenvalue weighted by atomic mass is 10.2. The smallest absolute Gasteiger partial charge is 0.190 e. The highest BCUT2D eigenvalue weighted by molar-refractivity contribution is 7.15. The maximum absolute atomic E-state index is 4.77. The topological polar surface area (TPSA) is 28.2 Å². The number of aryl methyl sites for hydroxylation is 1. The zero-order chi connectivity index (χ0) is 14.1. The molecule has 3 rings (SSSR count). The number of rotatable bonds is 4. The summed E-state index contributed by atoms with van der Waals surface area (Å²) in [5.74, 6) is 0. The molecule has 106 valence electrons. The van der Waals surface area contributed by atoms with Crippen molar-refractivity contribution in [1.82, 2.24) is 10.3 Å². The Morgan fingerprint density at radius 2 is 2.15 bits per heavy atom. The highest BCUT2D eigenvalue weighted by Gasteiger charge is 2.23. The summed E-state index contributed by atoms with van der Waals surface area (Å²) in [4.78, 5) is 8.47. The van der Waals surface area contributed by atoms with Gasteiger partial charge >= 0.3 is 0 Å². The van der Waals surface area contributed by atoms with Gasteiger partial charge in [0.2, 0.25) is 0 Å². The van der Waals surface area contributed by atoms with Crippen LogP contribution in [0, 0.1) is 6.92 Å². The van der Waals surface area contributed by atoms with Crippen LogP contribution >= 0.6 is 11.3 Å². The van der Waals surface area contributed by atoms with E-state index in [2.05, 4.69) is 55.3 Å². The van der Waals surface area contributed by atoms with Crippen molar-refractivity contribution in [2.24, 2.45) is 0 Å². The second-order valence-electron chi connectivity index (χ2n) is 5.57. The molecule has 0 atom stereocenters. The van der Waals surface area contributed by atoms with Gasteiger partial charge < -0.3 is 10.2 Å². The summed E-state index contributed by atoms with van der Waals surface area (Å²) in [5, 5.41) is 4.61. The molecule has 1 N–H and O–H groups in total. The average molecular weight is 287 g/mol. The molecule has 0 amide bonds. The Bertz CT molecular complexity index is 604. The first-order valence-corrected chi connectivity index (χ1v) is 8.02. The van der Waals surface area contributed by atoms with E-state index >= 15 is 0 Å². The van der Waals surface area contributed by atoms with Crippen molar-refractivity contribution < 1.29 is 0 Å². The molecule has 1 aliphatic heterocycles. The van der Waals surface area contributed by atoms with Crippen molar-refractivity contribution in [3.8, 4) is 0 Å². The summed E-state index contributed by atoms with van der Waals surface area (Å²) in [7, 11) is 0. The molecule has 0 aliphatic carbocycles. The lowest BCUT2D eigenvalue weighted by Gasteiger charge is -2.15. The standard InChI is InChI=1S/C16H21N3S/c1-11(2)17-10-15-12(3)18-16(20-15)19-9-8-13-6-4-5-7-14(13)19/h4-7,11,17H,8-10H2,1-3H3. The lowest BCUT2D eigenvalue weighted by Crippen LogP contribution is -2.21. The van der Waals surface area contributed by atoms with Crippen LogP contribution in [-0.2, 0) is 13.0 Å². The maximum atomic E-state index is 4.77. The minimum absolute atomic E-state index is 0.507. The van der Waals surface area contributed by atoms with Crippen LogP contribution in [0.5, 0.6) is 0 Å². The predicted octanol–water partition coefficient (Wildman–Crippen LogP) is 3.64. The molecular weight excluding hydrogens is 266 g/mol. The van der Waals surface area contributed by atoms with Gasteiger partial charge in [-0.15, -0.1) is 0 Å². The average Bonchev–Trinajstić information content (AvgIpc) is 3.00. The van der Waals surface area contributed by atoms with Crippen LogP contribution in [0.25, 0.3) is 0 Å². The molecule has 4 heteroatoms. The van der Waals surface area contributed by atoms with Crippen molar-refractivity contribution in [3.63, 3.8) is 0 Å². The summed E-state index contributed by atoms with van der Waals surface area (Å²) < 4.78 is 0. The summed E-state index contributed by atoms with van der Waals surface area (Å²) in [6.07, 6.45) is 1.12. The molecule has 3 nitrogen and oxygen atoms in total. The fourth-order valence-electron chi connectivity index (χ4n) is 2.53. The first-order valence-electron chi connectivity index (χ1n) is 7.20. The molecule has 0 radical (unpaired) electrons. The van der Waals surface area contributed by atoms with Crippen LogP contribution in [0.3, 0.4) is 0 Å². The van der Waals surface area contributed by atoms with E-state index in [1.807, 2.05) is 11.3 Å². The Balaban J connectivity index is 1.84. The van der Waals surface area contributed by atoms with Crippen molar-refractivity contribution in [3.05, 3.63) is 40.4 Å². The Morgan fingerprint density at radius 3 is 2.95 bits per heavy atom. The largest absolute Gasteiger partial charge is 0.317 e. The van der Waals surface area contributed by atoms with Crippen LogP contribution < -0.4 is 10.2 Å². The van der Waals surface area contributed by atoms with E-state index in [-0.39, 0.29) is 0 Å². The predicted molar refractivity (Wildman–Crippen MR) is 86.0 cm³/mol. The first-order chi connectivity index (χ1) is 9.65. The van der Waals surface area contributed by atoms with Crippen LogP contribution in [0.15, 0.2) is 24.3 Å². The molecule has 1 aliphatic rings. The number of fused-ring (bicyclic) bond motifs is 1. The second-order valence-corrected chi connectivity index (χ2v) is 6.63. The minimum Gasteiger partial charge on any atom is -0.317 e. The highest BCUT2D eigenvalue weighted by Crippen LogP contribution is 2.37. The van der Waals surface area contributed by atoms with E-state index in [0.29, 0.717) is 6.04 Å². The number of para-hydroxylation sites is 1. The zero-order valence-electron chi connectivity index (χ0n) is 12.3. The number of aromatic nitrogens is 1. The van der Waals surface area contributed by atoms with Crippen LogP contribution in [-0.4, -0.2) is 17.6 Å². The van der Waals surface area contributed by atoms with Crippen molar-refractivity contribution >= 4 is 22.2 Å². The molecular formula is C16H21N3S. The van der Waals surface area contributed by atoms with E-state index in [0.717, 1.165) is 30.3 Å². The summed E-state index contributed by atoms with van der Waals surface area (Å²) in [5.41, 5.74) is 3.91. The Labute approximate surface area is 124 Å². The highest BCUT2D eigenvalue weighted by atomic mass is 32.1. The van der Waals surface area contributed by atoms with Gasteiger partial charge in [-0.3, -0.25) is 0 Å². The minimum atomic E-state index is 0.507.